The van der Waals surface area contributed by atoms with Gasteiger partial charge in [-0.1, -0.05) is 28.8 Å². The maximum atomic E-state index is 12.5. The lowest BCUT2D eigenvalue weighted by Crippen LogP contribution is -2.42. The largest absolute Gasteiger partial charge is 0.348 e. The molecule has 0 radical (unpaired) electrons. The number of hydrogen-bond donors (Lipinski definition) is 1. The van der Waals surface area contributed by atoms with E-state index < -0.39 is 0 Å². The van der Waals surface area contributed by atoms with Gasteiger partial charge in [-0.05, 0) is 42.6 Å². The van der Waals surface area contributed by atoms with E-state index in [1.807, 2.05) is 11.8 Å². The van der Waals surface area contributed by atoms with Crippen LogP contribution >= 0.6 is 39.0 Å². The van der Waals surface area contributed by atoms with Crippen molar-refractivity contribution in [3.63, 3.8) is 0 Å². The fraction of sp³-hybridized carbons (Fsp3) is 0.667. The van der Waals surface area contributed by atoms with Crippen LogP contribution in [0.15, 0.2) is 6.07 Å². The maximum absolute atomic E-state index is 12.5. The van der Waals surface area contributed by atoms with E-state index in [4.69, 9.17) is 0 Å². The van der Waals surface area contributed by atoms with Crippen molar-refractivity contribution < 1.29 is 4.79 Å². The predicted octanol–water partition coefficient (Wildman–Crippen LogP) is 4.22. The average Bonchev–Trinajstić information content (AvgIpc) is 2.92. The van der Waals surface area contributed by atoms with Gasteiger partial charge in [-0.15, -0.1) is 11.3 Å². The Bertz CT molecular complexity index is 465. The molecule has 0 bridgehead atoms. The molecule has 1 fully saturated rings. The zero-order valence-corrected chi connectivity index (χ0v) is 14.7. The molecular weight excluding hydrogens is 354 g/mol. The number of aryl methyl sites for hydroxylation is 1. The molecule has 2 nitrogen and oxygen atoms in total. The minimum Gasteiger partial charge on any atom is -0.348 e. The van der Waals surface area contributed by atoms with Crippen LogP contribution in [-0.2, 0) is 12.2 Å². The normalized spacial score (nSPS) is 26.1. The number of halogens is 1. The quantitative estimate of drug-likeness (QED) is 0.803. The second-order valence-corrected chi connectivity index (χ2v) is 8.53. The Kier molecular flexibility index (Phi) is 5.10. The van der Waals surface area contributed by atoms with Crippen LogP contribution in [0.4, 0.5) is 0 Å². The van der Waals surface area contributed by atoms with Crippen LogP contribution in [0.2, 0.25) is 0 Å². The first kappa shape index (κ1) is 14.9. The highest BCUT2D eigenvalue weighted by Gasteiger charge is 2.27. The Morgan fingerprint density at radius 1 is 1.40 bits per heavy atom. The lowest BCUT2D eigenvalue weighted by Gasteiger charge is -2.30. The molecule has 1 aliphatic carbocycles. The molecule has 2 aliphatic rings. The second-order valence-electron chi connectivity index (χ2n) is 5.64. The lowest BCUT2D eigenvalue weighted by molar-refractivity contribution is 0.0916. The van der Waals surface area contributed by atoms with Crippen molar-refractivity contribution in [3.05, 3.63) is 21.4 Å². The molecule has 3 rings (SSSR count). The smallest absolute Gasteiger partial charge is 0.261 e. The number of thioether (sulfide) groups is 1. The first-order valence-electron chi connectivity index (χ1n) is 7.34. The van der Waals surface area contributed by atoms with Gasteiger partial charge >= 0.3 is 0 Å². The molecule has 0 spiro atoms. The predicted molar refractivity (Wildman–Crippen MR) is 91.2 cm³/mol. The van der Waals surface area contributed by atoms with Crippen molar-refractivity contribution >= 4 is 44.9 Å². The number of carbonyl (C=O) groups excluding carboxylic acids is 1. The van der Waals surface area contributed by atoms with E-state index in [0.717, 1.165) is 28.8 Å². The van der Waals surface area contributed by atoms with E-state index in [1.165, 1.54) is 35.5 Å². The number of thiophene rings is 1. The Morgan fingerprint density at radius 2 is 2.25 bits per heavy atom. The summed E-state index contributed by atoms with van der Waals surface area (Å²) in [6.07, 6.45) is 6.03. The summed E-state index contributed by atoms with van der Waals surface area (Å²) in [5.74, 6) is 3.01. The first-order chi connectivity index (χ1) is 9.78. The minimum atomic E-state index is 0.146. The average molecular weight is 374 g/mol. The number of alkyl halides is 1. The fourth-order valence-electron chi connectivity index (χ4n) is 3.08. The fourth-order valence-corrected chi connectivity index (χ4v) is 6.13. The molecule has 1 aromatic rings. The Hall–Kier alpha value is -0.000000000000000111. The molecule has 2 atom stereocenters. The summed E-state index contributed by atoms with van der Waals surface area (Å²) >= 11 is 7.27. The zero-order valence-electron chi connectivity index (χ0n) is 11.5. The van der Waals surface area contributed by atoms with E-state index in [1.54, 1.807) is 11.3 Å². The molecule has 1 aliphatic heterocycles. The highest BCUT2D eigenvalue weighted by Crippen LogP contribution is 2.32. The molecule has 5 heteroatoms. The van der Waals surface area contributed by atoms with Crippen LogP contribution in [0.25, 0.3) is 0 Å². The minimum absolute atomic E-state index is 0.146. The molecule has 0 saturated heterocycles. The van der Waals surface area contributed by atoms with E-state index in [-0.39, 0.29) is 5.91 Å². The third-order valence-corrected chi connectivity index (χ3v) is 7.35. The molecule has 2 unspecified atom stereocenters. The van der Waals surface area contributed by atoms with Gasteiger partial charge in [-0.3, -0.25) is 4.79 Å². The van der Waals surface area contributed by atoms with Gasteiger partial charge in [-0.2, -0.15) is 11.8 Å². The second kappa shape index (κ2) is 6.84. The van der Waals surface area contributed by atoms with Crippen molar-refractivity contribution in [2.45, 2.75) is 43.9 Å². The Morgan fingerprint density at radius 3 is 3.05 bits per heavy atom. The number of fused-ring (bicyclic) bond motifs is 1. The molecule has 20 heavy (non-hydrogen) atoms. The zero-order chi connectivity index (χ0) is 13.9. The molecular formula is C15H20BrNOS2. The summed E-state index contributed by atoms with van der Waals surface area (Å²) in [6, 6.07) is 2.47. The molecule has 1 aromatic heterocycles. The van der Waals surface area contributed by atoms with Gasteiger partial charge in [0.15, 0.2) is 0 Å². The number of nitrogens with one attached hydrogen (secondary N) is 1. The maximum Gasteiger partial charge on any atom is 0.261 e. The molecule has 1 N–H and O–H groups in total. The van der Waals surface area contributed by atoms with Crippen molar-refractivity contribution in [1.82, 2.24) is 5.32 Å². The molecule has 1 saturated carbocycles. The van der Waals surface area contributed by atoms with Gasteiger partial charge in [0.2, 0.25) is 0 Å². The lowest BCUT2D eigenvalue weighted by atomic mass is 9.86. The number of amides is 1. The van der Waals surface area contributed by atoms with Gasteiger partial charge in [0.25, 0.3) is 5.91 Å². The van der Waals surface area contributed by atoms with Gasteiger partial charge in [0, 0.05) is 22.0 Å². The van der Waals surface area contributed by atoms with Crippen LogP contribution in [0.5, 0.6) is 0 Å². The summed E-state index contributed by atoms with van der Waals surface area (Å²) < 4.78 is 0. The van der Waals surface area contributed by atoms with Crippen molar-refractivity contribution in [2.24, 2.45) is 5.92 Å². The standard InChI is InChI=1S/C15H20BrNOS2/c16-8-10-3-1-2-4-12(10)17-15(18)14-7-11-9-19-6-5-13(11)20-14/h7,10,12H,1-6,8-9H2,(H,17,18). The summed E-state index contributed by atoms with van der Waals surface area (Å²) in [5.41, 5.74) is 1.39. The molecule has 1 amide bonds. The number of hydrogen-bond acceptors (Lipinski definition) is 3. The van der Waals surface area contributed by atoms with Crippen molar-refractivity contribution in [1.29, 1.82) is 0 Å². The van der Waals surface area contributed by atoms with Gasteiger partial charge in [0.05, 0.1) is 4.88 Å². The Labute approximate surface area is 137 Å². The summed E-state index contributed by atoms with van der Waals surface area (Å²) in [4.78, 5) is 14.8. The first-order valence-corrected chi connectivity index (χ1v) is 10.4. The monoisotopic (exact) mass is 373 g/mol. The van der Waals surface area contributed by atoms with Crippen LogP contribution in [-0.4, -0.2) is 23.0 Å². The van der Waals surface area contributed by atoms with Crippen LogP contribution in [0.3, 0.4) is 0 Å². The number of rotatable bonds is 3. The topological polar surface area (TPSA) is 29.1 Å². The van der Waals surface area contributed by atoms with Crippen LogP contribution in [0, 0.1) is 5.92 Å². The third-order valence-electron chi connectivity index (χ3n) is 4.28. The van der Waals surface area contributed by atoms with Crippen molar-refractivity contribution in [2.75, 3.05) is 11.1 Å². The van der Waals surface area contributed by atoms with E-state index in [0.29, 0.717) is 12.0 Å². The molecule has 2 heterocycles. The SMILES string of the molecule is O=C(NC1CCCCC1CBr)c1cc2c(s1)CCSC2. The van der Waals surface area contributed by atoms with Crippen LogP contribution < -0.4 is 5.32 Å². The van der Waals surface area contributed by atoms with E-state index >= 15 is 0 Å². The van der Waals surface area contributed by atoms with Gasteiger partial charge in [0.1, 0.15) is 0 Å². The number of carbonyl (C=O) groups is 1. The van der Waals surface area contributed by atoms with E-state index in [2.05, 4.69) is 27.3 Å². The molecule has 0 aromatic carbocycles. The van der Waals surface area contributed by atoms with Gasteiger partial charge < -0.3 is 5.32 Å². The van der Waals surface area contributed by atoms with Gasteiger partial charge in [-0.25, -0.2) is 0 Å². The third kappa shape index (κ3) is 3.25. The Balaban J connectivity index is 1.67. The summed E-state index contributed by atoms with van der Waals surface area (Å²) in [6.45, 7) is 0. The van der Waals surface area contributed by atoms with Crippen molar-refractivity contribution in [3.8, 4) is 0 Å². The molecule has 110 valence electrons. The highest BCUT2D eigenvalue weighted by atomic mass is 79.9. The summed E-state index contributed by atoms with van der Waals surface area (Å²) in [7, 11) is 0. The van der Waals surface area contributed by atoms with Crippen LogP contribution in [0.1, 0.15) is 45.8 Å². The van der Waals surface area contributed by atoms with E-state index in [9.17, 15) is 4.79 Å². The summed E-state index contributed by atoms with van der Waals surface area (Å²) in [5, 5.41) is 4.28. The highest BCUT2D eigenvalue weighted by molar-refractivity contribution is 9.09.